The number of amides is 1. The lowest BCUT2D eigenvalue weighted by Crippen LogP contribution is -2.27. The number of rotatable bonds is 6. The van der Waals surface area contributed by atoms with Crippen molar-refractivity contribution in [2.75, 3.05) is 5.75 Å². The second kappa shape index (κ2) is 6.04. The molecule has 3 rings (SSSR count). The van der Waals surface area contributed by atoms with E-state index in [4.69, 9.17) is 0 Å². The number of benzene rings is 1. The van der Waals surface area contributed by atoms with Gasteiger partial charge >= 0.3 is 0 Å². The molecule has 1 aromatic heterocycles. The van der Waals surface area contributed by atoms with Crippen molar-refractivity contribution in [1.82, 2.24) is 25.5 Å². The predicted molar refractivity (Wildman–Crippen MR) is 76.5 cm³/mol. The SMILES string of the molecule is O=C(CSCc1nnnn1-c1ccccc1)NC1CC1. The van der Waals surface area contributed by atoms with E-state index in [9.17, 15) is 4.79 Å². The van der Waals surface area contributed by atoms with Crippen molar-refractivity contribution >= 4 is 17.7 Å². The van der Waals surface area contributed by atoms with Crippen molar-refractivity contribution in [3.05, 3.63) is 36.2 Å². The summed E-state index contributed by atoms with van der Waals surface area (Å²) in [4.78, 5) is 11.6. The van der Waals surface area contributed by atoms with Crippen LogP contribution in [0.4, 0.5) is 0 Å². The Kier molecular flexibility index (Phi) is 3.96. The maximum Gasteiger partial charge on any atom is 0.230 e. The zero-order chi connectivity index (χ0) is 13.8. The topological polar surface area (TPSA) is 72.7 Å². The monoisotopic (exact) mass is 289 g/mol. The normalized spacial score (nSPS) is 14.2. The van der Waals surface area contributed by atoms with Crippen molar-refractivity contribution < 1.29 is 4.79 Å². The van der Waals surface area contributed by atoms with Gasteiger partial charge < -0.3 is 5.32 Å². The molecule has 0 aliphatic heterocycles. The molecule has 7 heteroatoms. The van der Waals surface area contributed by atoms with Crippen molar-refractivity contribution in [3.63, 3.8) is 0 Å². The highest BCUT2D eigenvalue weighted by Crippen LogP contribution is 2.19. The largest absolute Gasteiger partial charge is 0.353 e. The minimum absolute atomic E-state index is 0.0937. The zero-order valence-corrected chi connectivity index (χ0v) is 11.7. The molecule has 1 aromatic carbocycles. The number of nitrogens with zero attached hydrogens (tertiary/aromatic N) is 4. The van der Waals surface area contributed by atoms with Gasteiger partial charge in [0.15, 0.2) is 5.82 Å². The van der Waals surface area contributed by atoms with Crippen LogP contribution in [0.3, 0.4) is 0 Å². The van der Waals surface area contributed by atoms with Crippen LogP contribution in [0.15, 0.2) is 30.3 Å². The Bertz CT molecular complexity index is 581. The number of carbonyl (C=O) groups is 1. The van der Waals surface area contributed by atoms with Crippen LogP contribution in [0.2, 0.25) is 0 Å². The van der Waals surface area contributed by atoms with Gasteiger partial charge in [0, 0.05) is 6.04 Å². The molecule has 1 aliphatic carbocycles. The maximum atomic E-state index is 11.6. The van der Waals surface area contributed by atoms with Gasteiger partial charge in [-0.2, -0.15) is 4.68 Å². The first-order valence-corrected chi connectivity index (χ1v) is 7.68. The minimum atomic E-state index is 0.0937. The van der Waals surface area contributed by atoms with Crippen LogP contribution in [0.1, 0.15) is 18.7 Å². The van der Waals surface area contributed by atoms with Crippen LogP contribution in [0, 0.1) is 0 Å². The highest BCUT2D eigenvalue weighted by Gasteiger charge is 2.23. The van der Waals surface area contributed by atoms with Crippen LogP contribution in [0.25, 0.3) is 5.69 Å². The van der Waals surface area contributed by atoms with Gasteiger partial charge in [-0.25, -0.2) is 0 Å². The molecular formula is C13H15N5OS. The summed E-state index contributed by atoms with van der Waals surface area (Å²) < 4.78 is 1.70. The number of thioether (sulfide) groups is 1. The van der Waals surface area contributed by atoms with Crippen molar-refractivity contribution in [2.45, 2.75) is 24.6 Å². The number of nitrogens with one attached hydrogen (secondary N) is 1. The first-order valence-electron chi connectivity index (χ1n) is 6.53. The van der Waals surface area contributed by atoms with Crippen LogP contribution in [-0.2, 0) is 10.5 Å². The number of tetrazole rings is 1. The quantitative estimate of drug-likeness (QED) is 0.864. The second-order valence-corrected chi connectivity index (χ2v) is 5.66. The van der Waals surface area contributed by atoms with Crippen LogP contribution < -0.4 is 5.32 Å². The Balaban J connectivity index is 1.55. The molecule has 2 aromatic rings. The molecule has 0 radical (unpaired) electrons. The third-order valence-electron chi connectivity index (χ3n) is 2.94. The Morgan fingerprint density at radius 3 is 2.90 bits per heavy atom. The summed E-state index contributed by atoms with van der Waals surface area (Å²) in [6.45, 7) is 0. The number of hydrogen-bond acceptors (Lipinski definition) is 5. The molecule has 6 nitrogen and oxygen atoms in total. The number of carbonyl (C=O) groups excluding carboxylic acids is 1. The van der Waals surface area contributed by atoms with Crippen molar-refractivity contribution in [3.8, 4) is 5.69 Å². The van der Waals surface area contributed by atoms with Crippen LogP contribution in [-0.4, -0.2) is 37.9 Å². The molecule has 1 saturated carbocycles. The summed E-state index contributed by atoms with van der Waals surface area (Å²) >= 11 is 1.52. The minimum Gasteiger partial charge on any atom is -0.353 e. The van der Waals surface area contributed by atoms with E-state index in [-0.39, 0.29) is 5.91 Å². The fraction of sp³-hybridized carbons (Fsp3) is 0.385. The van der Waals surface area contributed by atoms with Gasteiger partial charge in [-0.1, -0.05) is 18.2 Å². The van der Waals surface area contributed by atoms with E-state index in [1.165, 1.54) is 11.8 Å². The number of hydrogen-bond donors (Lipinski definition) is 1. The molecule has 1 N–H and O–H groups in total. The maximum absolute atomic E-state index is 11.6. The van der Waals surface area contributed by atoms with Crippen molar-refractivity contribution in [1.29, 1.82) is 0 Å². The summed E-state index contributed by atoms with van der Waals surface area (Å²) in [6, 6.07) is 10.1. The molecule has 1 heterocycles. The first-order chi connectivity index (χ1) is 9.83. The third-order valence-corrected chi connectivity index (χ3v) is 3.87. The smallest absolute Gasteiger partial charge is 0.230 e. The molecule has 1 aliphatic rings. The summed E-state index contributed by atoms with van der Waals surface area (Å²) in [5, 5.41) is 14.7. The highest BCUT2D eigenvalue weighted by molar-refractivity contribution is 7.99. The number of aromatic nitrogens is 4. The summed E-state index contributed by atoms with van der Waals surface area (Å²) in [5.74, 6) is 1.90. The lowest BCUT2D eigenvalue weighted by atomic mass is 10.3. The van der Waals surface area contributed by atoms with E-state index in [1.807, 2.05) is 30.3 Å². The van der Waals surface area contributed by atoms with Crippen molar-refractivity contribution in [2.24, 2.45) is 0 Å². The fourth-order valence-electron chi connectivity index (χ4n) is 1.80. The summed E-state index contributed by atoms with van der Waals surface area (Å²) in [7, 11) is 0. The van der Waals surface area contributed by atoms with Crippen LogP contribution in [0.5, 0.6) is 0 Å². The van der Waals surface area contributed by atoms with E-state index >= 15 is 0 Å². The molecule has 0 bridgehead atoms. The number of para-hydroxylation sites is 1. The molecule has 0 spiro atoms. The van der Waals surface area contributed by atoms with E-state index < -0.39 is 0 Å². The molecule has 104 valence electrons. The Morgan fingerprint density at radius 2 is 2.15 bits per heavy atom. The Morgan fingerprint density at radius 1 is 1.35 bits per heavy atom. The molecule has 0 saturated heterocycles. The molecule has 0 atom stereocenters. The first kappa shape index (κ1) is 13.1. The average molecular weight is 289 g/mol. The van der Waals surface area contributed by atoms with Gasteiger partial charge in [0.2, 0.25) is 5.91 Å². The summed E-state index contributed by atoms with van der Waals surface area (Å²) in [6.07, 6.45) is 2.23. The van der Waals surface area contributed by atoms with E-state index in [0.717, 1.165) is 24.4 Å². The van der Waals surface area contributed by atoms with E-state index in [1.54, 1.807) is 4.68 Å². The van der Waals surface area contributed by atoms with Crippen LogP contribution >= 0.6 is 11.8 Å². The summed E-state index contributed by atoms with van der Waals surface area (Å²) in [5.41, 5.74) is 0.926. The fourth-order valence-corrected chi connectivity index (χ4v) is 2.53. The Labute approximate surface area is 120 Å². The molecule has 1 amide bonds. The molecule has 0 unspecified atom stereocenters. The van der Waals surface area contributed by atoms with E-state index in [0.29, 0.717) is 17.5 Å². The predicted octanol–water partition coefficient (Wildman–Crippen LogP) is 1.17. The third kappa shape index (κ3) is 3.36. The van der Waals surface area contributed by atoms with Gasteiger partial charge in [0.05, 0.1) is 17.2 Å². The van der Waals surface area contributed by atoms with Gasteiger partial charge in [-0.15, -0.1) is 16.9 Å². The van der Waals surface area contributed by atoms with E-state index in [2.05, 4.69) is 20.8 Å². The van der Waals surface area contributed by atoms with Gasteiger partial charge in [0.25, 0.3) is 0 Å². The van der Waals surface area contributed by atoms with Gasteiger partial charge in [-0.05, 0) is 35.4 Å². The standard InChI is InChI=1S/C13H15N5OS/c19-13(14-10-6-7-10)9-20-8-12-15-16-17-18(12)11-4-2-1-3-5-11/h1-5,10H,6-9H2,(H,14,19). The molecule has 20 heavy (non-hydrogen) atoms. The molecular weight excluding hydrogens is 274 g/mol. The highest BCUT2D eigenvalue weighted by atomic mass is 32.2. The lowest BCUT2D eigenvalue weighted by molar-refractivity contribution is -0.118. The Hall–Kier alpha value is -1.89. The second-order valence-electron chi connectivity index (χ2n) is 4.68. The zero-order valence-electron chi connectivity index (χ0n) is 10.9. The van der Waals surface area contributed by atoms with Gasteiger partial charge in [-0.3, -0.25) is 4.79 Å². The lowest BCUT2D eigenvalue weighted by Gasteiger charge is -2.04. The molecule has 1 fully saturated rings. The average Bonchev–Trinajstić information content (AvgIpc) is 3.15. The van der Waals surface area contributed by atoms with Gasteiger partial charge in [0.1, 0.15) is 0 Å².